The number of benzene rings is 2. The first-order valence-electron chi connectivity index (χ1n) is 14.3. The van der Waals surface area contributed by atoms with Crippen molar-refractivity contribution in [3.63, 3.8) is 0 Å². The molecule has 230 valence electrons. The van der Waals surface area contributed by atoms with Crippen LogP contribution in [0.5, 0.6) is 0 Å². The molecule has 13 heteroatoms. The molecule has 1 amide bonds. The molecule has 10 nitrogen and oxygen atoms in total. The van der Waals surface area contributed by atoms with Gasteiger partial charge < -0.3 is 24.5 Å². The van der Waals surface area contributed by atoms with Crippen LogP contribution < -0.4 is 9.80 Å². The molecule has 4 aromatic rings. The Morgan fingerprint density at radius 3 is 2.52 bits per heavy atom. The zero-order valence-electron chi connectivity index (χ0n) is 23.6. The van der Waals surface area contributed by atoms with Gasteiger partial charge in [0.1, 0.15) is 17.2 Å². The molecule has 4 heterocycles. The third-order valence-electron chi connectivity index (χ3n) is 8.04. The SMILES string of the molecule is O=C(O)CCOCCc1ccc(N2CC3(CCN(c4ccc(-c5nc6ccc(C(F)(F)F)cc6[nH]5)cn4)CC3)OC2=O)cc1. The first kappa shape index (κ1) is 29.4. The number of H-pyrrole nitrogens is 1. The van der Waals surface area contributed by atoms with Gasteiger partial charge in [-0.25, -0.2) is 14.8 Å². The van der Waals surface area contributed by atoms with E-state index in [1.165, 1.54) is 6.07 Å². The number of amides is 1. The molecule has 2 aliphatic rings. The number of carbonyl (C=O) groups is 2. The molecule has 2 fully saturated rings. The molecule has 0 radical (unpaired) electrons. The first-order valence-corrected chi connectivity index (χ1v) is 14.3. The van der Waals surface area contributed by atoms with E-state index in [4.69, 9.17) is 14.6 Å². The van der Waals surface area contributed by atoms with E-state index in [1.54, 1.807) is 11.1 Å². The number of halogens is 3. The lowest BCUT2D eigenvalue weighted by Crippen LogP contribution is -2.47. The summed E-state index contributed by atoms with van der Waals surface area (Å²) in [5.74, 6) is 0.299. The highest BCUT2D eigenvalue weighted by molar-refractivity contribution is 5.90. The van der Waals surface area contributed by atoms with Gasteiger partial charge in [0, 0.05) is 43.4 Å². The zero-order valence-corrected chi connectivity index (χ0v) is 23.6. The van der Waals surface area contributed by atoms with Gasteiger partial charge in [-0.15, -0.1) is 0 Å². The highest BCUT2D eigenvalue weighted by Gasteiger charge is 2.47. The van der Waals surface area contributed by atoms with Gasteiger partial charge in [-0.05, 0) is 54.4 Å². The average Bonchev–Trinajstić information content (AvgIpc) is 3.57. The van der Waals surface area contributed by atoms with Crippen molar-refractivity contribution >= 4 is 34.6 Å². The van der Waals surface area contributed by atoms with Crippen molar-refractivity contribution in [3.05, 3.63) is 71.9 Å². The molecular weight excluding hydrogens is 579 g/mol. The van der Waals surface area contributed by atoms with Gasteiger partial charge in [-0.1, -0.05) is 12.1 Å². The highest BCUT2D eigenvalue weighted by Crippen LogP contribution is 2.37. The molecule has 2 aliphatic heterocycles. The summed E-state index contributed by atoms with van der Waals surface area (Å²) >= 11 is 0. The molecule has 0 unspecified atom stereocenters. The number of carbonyl (C=O) groups excluding carboxylic acids is 1. The van der Waals surface area contributed by atoms with Gasteiger partial charge in [-0.3, -0.25) is 9.69 Å². The van der Waals surface area contributed by atoms with Crippen molar-refractivity contribution in [2.24, 2.45) is 0 Å². The van der Waals surface area contributed by atoms with Crippen molar-refractivity contribution in [3.8, 4) is 11.4 Å². The number of fused-ring (bicyclic) bond motifs is 1. The van der Waals surface area contributed by atoms with Gasteiger partial charge in [0.05, 0.1) is 42.8 Å². The number of nitrogens with zero attached hydrogens (tertiary/aromatic N) is 4. The maximum absolute atomic E-state index is 13.1. The van der Waals surface area contributed by atoms with E-state index in [1.807, 2.05) is 36.4 Å². The van der Waals surface area contributed by atoms with E-state index in [0.29, 0.717) is 67.9 Å². The second-order valence-electron chi connectivity index (χ2n) is 11.0. The third kappa shape index (κ3) is 6.32. The number of carboxylic acid groups (broad SMARTS) is 1. The fraction of sp³-hybridized carbons (Fsp3) is 0.355. The Morgan fingerprint density at radius 2 is 1.84 bits per heavy atom. The van der Waals surface area contributed by atoms with Crippen molar-refractivity contribution in [2.45, 2.75) is 37.5 Å². The number of carboxylic acids is 1. The highest BCUT2D eigenvalue weighted by atomic mass is 19.4. The Hall–Kier alpha value is -4.65. The predicted octanol–water partition coefficient (Wildman–Crippen LogP) is 5.67. The number of aromatic amines is 1. The van der Waals surface area contributed by atoms with Crippen LogP contribution in [-0.2, 0) is 26.9 Å². The Kier molecular flexibility index (Phi) is 7.89. The van der Waals surface area contributed by atoms with Crippen LogP contribution in [0.25, 0.3) is 22.4 Å². The summed E-state index contributed by atoms with van der Waals surface area (Å²) in [5.41, 5.74) is 1.85. The number of anilines is 2. The molecule has 0 atom stereocenters. The quantitative estimate of drug-likeness (QED) is 0.233. The number of ether oxygens (including phenoxy) is 2. The summed E-state index contributed by atoms with van der Waals surface area (Å²) in [4.78, 5) is 39.1. The summed E-state index contributed by atoms with van der Waals surface area (Å²) in [6, 6.07) is 14.7. The van der Waals surface area contributed by atoms with Crippen LogP contribution in [0.3, 0.4) is 0 Å². The number of piperidine rings is 1. The minimum absolute atomic E-state index is 0.0261. The molecule has 44 heavy (non-hydrogen) atoms. The lowest BCUT2D eigenvalue weighted by molar-refractivity contribution is -0.138. The first-order chi connectivity index (χ1) is 21.1. The second kappa shape index (κ2) is 11.8. The predicted molar refractivity (Wildman–Crippen MR) is 156 cm³/mol. The third-order valence-corrected chi connectivity index (χ3v) is 8.04. The summed E-state index contributed by atoms with van der Waals surface area (Å²) < 4.78 is 50.5. The summed E-state index contributed by atoms with van der Waals surface area (Å²) in [7, 11) is 0. The Bertz CT molecular complexity index is 1650. The Labute approximate surface area is 250 Å². The second-order valence-corrected chi connectivity index (χ2v) is 11.0. The number of aromatic nitrogens is 3. The number of pyridine rings is 1. The van der Waals surface area contributed by atoms with E-state index in [-0.39, 0.29) is 19.1 Å². The number of rotatable bonds is 9. The van der Waals surface area contributed by atoms with Crippen LogP contribution in [0.15, 0.2) is 60.8 Å². The number of hydrogen-bond donors (Lipinski definition) is 2. The van der Waals surface area contributed by atoms with Crippen molar-refractivity contribution in [1.29, 1.82) is 0 Å². The minimum atomic E-state index is -4.43. The normalized spacial score (nSPS) is 16.6. The molecule has 2 aromatic heterocycles. The minimum Gasteiger partial charge on any atom is -0.481 e. The summed E-state index contributed by atoms with van der Waals surface area (Å²) in [6.07, 6.45) is -1.28. The zero-order chi connectivity index (χ0) is 30.9. The molecule has 2 N–H and O–H groups in total. The molecule has 1 spiro atoms. The van der Waals surface area contributed by atoms with E-state index < -0.39 is 23.3 Å². The van der Waals surface area contributed by atoms with Gasteiger partial charge in [0.2, 0.25) is 0 Å². The van der Waals surface area contributed by atoms with Crippen LogP contribution in [0, 0.1) is 0 Å². The maximum atomic E-state index is 13.1. The smallest absolute Gasteiger partial charge is 0.416 e. The van der Waals surface area contributed by atoms with Crippen LogP contribution in [0.2, 0.25) is 0 Å². The van der Waals surface area contributed by atoms with Crippen LogP contribution in [0.1, 0.15) is 30.4 Å². The van der Waals surface area contributed by atoms with Crippen LogP contribution in [-0.4, -0.2) is 70.6 Å². The van der Waals surface area contributed by atoms with E-state index >= 15 is 0 Å². The monoisotopic (exact) mass is 609 g/mol. The van der Waals surface area contributed by atoms with E-state index in [0.717, 1.165) is 29.2 Å². The summed E-state index contributed by atoms with van der Waals surface area (Å²) in [5, 5.41) is 8.68. The molecule has 6 rings (SSSR count). The van der Waals surface area contributed by atoms with E-state index in [9.17, 15) is 22.8 Å². The Balaban J connectivity index is 1.04. The number of nitrogens with one attached hydrogen (secondary N) is 1. The fourth-order valence-corrected chi connectivity index (χ4v) is 5.56. The van der Waals surface area contributed by atoms with Crippen molar-refractivity contribution in [2.75, 3.05) is 42.6 Å². The average molecular weight is 610 g/mol. The topological polar surface area (TPSA) is 121 Å². The molecule has 2 saturated heterocycles. The van der Waals surface area contributed by atoms with Gasteiger partial charge in [-0.2, -0.15) is 13.2 Å². The standard InChI is InChI=1S/C31H30F3N5O5/c32-31(33,34)22-4-7-24-25(17-22)37-28(36-24)21-3-8-26(35-18-21)38-13-11-30(12-14-38)19-39(29(42)44-30)23-5-1-20(2-6-23)9-15-43-16-10-27(40)41/h1-8,17-18H,9-16,19H2,(H,36,37)(H,40,41). The molecule has 2 aromatic carbocycles. The van der Waals surface area contributed by atoms with Crippen molar-refractivity contribution in [1.82, 2.24) is 15.0 Å². The van der Waals surface area contributed by atoms with Crippen LogP contribution in [0.4, 0.5) is 29.5 Å². The van der Waals surface area contributed by atoms with Crippen LogP contribution >= 0.6 is 0 Å². The summed E-state index contributed by atoms with van der Waals surface area (Å²) in [6.45, 7) is 2.32. The number of imidazole rings is 1. The Morgan fingerprint density at radius 1 is 1.07 bits per heavy atom. The molecular formula is C31H30F3N5O5. The van der Waals surface area contributed by atoms with Gasteiger partial charge >= 0.3 is 18.2 Å². The van der Waals surface area contributed by atoms with Gasteiger partial charge in [0.25, 0.3) is 0 Å². The largest absolute Gasteiger partial charge is 0.481 e. The lowest BCUT2D eigenvalue weighted by atomic mass is 9.91. The molecule has 0 aliphatic carbocycles. The number of hydrogen-bond acceptors (Lipinski definition) is 7. The van der Waals surface area contributed by atoms with E-state index in [2.05, 4.69) is 19.9 Å². The number of alkyl halides is 3. The fourth-order valence-electron chi connectivity index (χ4n) is 5.56. The lowest BCUT2D eigenvalue weighted by Gasteiger charge is -2.38. The van der Waals surface area contributed by atoms with Crippen molar-refractivity contribution < 1.29 is 37.3 Å². The van der Waals surface area contributed by atoms with Gasteiger partial charge in [0.15, 0.2) is 0 Å². The molecule has 0 bridgehead atoms. The maximum Gasteiger partial charge on any atom is 0.416 e. The molecule has 0 saturated carbocycles. The number of aliphatic carboxylic acids is 1.